The number of carboxylic acids is 1. The number of aliphatic carboxylic acids is 1. The molecule has 0 aliphatic heterocycles. The molecule has 0 aliphatic rings. The Hall–Kier alpha value is -4.16. The molecule has 0 spiro atoms. The molecule has 9 nitrogen and oxygen atoms in total. The molecule has 0 amide bonds. The first kappa shape index (κ1) is 29.4. The fourth-order valence-corrected chi connectivity index (χ4v) is 3.69. The van der Waals surface area contributed by atoms with Gasteiger partial charge in [0.25, 0.3) is 0 Å². The molecule has 0 bridgehead atoms. The topological polar surface area (TPSA) is 142 Å². The van der Waals surface area contributed by atoms with Crippen molar-refractivity contribution in [1.29, 1.82) is 0 Å². The van der Waals surface area contributed by atoms with Gasteiger partial charge in [-0.2, -0.15) is 23.3 Å². The molecule has 0 radical (unpaired) electrons. The fourth-order valence-electron chi connectivity index (χ4n) is 3.50. The Labute approximate surface area is 227 Å². The van der Waals surface area contributed by atoms with E-state index >= 15 is 0 Å². The summed E-state index contributed by atoms with van der Waals surface area (Å²) in [5, 5.41) is 13.3. The normalized spacial score (nSPS) is 13.9. The molecule has 2 heterocycles. The highest BCUT2D eigenvalue weighted by molar-refractivity contribution is 6.30. The van der Waals surface area contributed by atoms with E-state index in [9.17, 15) is 18.0 Å². The Balaban J connectivity index is 1.95. The summed E-state index contributed by atoms with van der Waals surface area (Å²) < 4.78 is 49.7. The van der Waals surface area contributed by atoms with Crippen LogP contribution in [-0.2, 0) is 4.79 Å². The van der Waals surface area contributed by atoms with Gasteiger partial charge in [-0.3, -0.25) is 4.79 Å². The van der Waals surface area contributed by atoms with Crippen molar-refractivity contribution in [3.05, 3.63) is 88.9 Å². The molecule has 0 fully saturated rings. The van der Waals surface area contributed by atoms with Crippen LogP contribution in [-0.4, -0.2) is 43.0 Å². The quantitative estimate of drug-likeness (QED) is 0.286. The van der Waals surface area contributed by atoms with E-state index in [0.717, 1.165) is 6.07 Å². The maximum atomic E-state index is 14.3. The Morgan fingerprint density at radius 3 is 2.56 bits per heavy atom. The van der Waals surface area contributed by atoms with E-state index in [1.807, 2.05) is 0 Å². The summed E-state index contributed by atoms with van der Waals surface area (Å²) in [5.74, 6) is -1.95. The van der Waals surface area contributed by atoms with Gasteiger partial charge in [-0.1, -0.05) is 42.0 Å². The lowest BCUT2D eigenvalue weighted by molar-refractivity contribution is -0.198. The predicted molar refractivity (Wildman–Crippen MR) is 141 cm³/mol. The highest BCUT2D eigenvalue weighted by atomic mass is 35.5. The van der Waals surface area contributed by atoms with Crippen molar-refractivity contribution in [2.45, 2.75) is 38.6 Å². The zero-order valence-corrected chi connectivity index (χ0v) is 21.7. The van der Waals surface area contributed by atoms with Crippen LogP contribution < -0.4 is 16.2 Å². The van der Waals surface area contributed by atoms with Gasteiger partial charge in [-0.05, 0) is 50.1 Å². The molecule has 0 unspecified atom stereocenters. The number of rotatable bonds is 10. The smallest absolute Gasteiger partial charge is 0.429 e. The number of aryl methyl sites for hydroxylation is 1. The number of hydrogen-bond acceptors (Lipinski definition) is 7. The second-order valence-corrected chi connectivity index (χ2v) is 8.90. The molecule has 0 saturated heterocycles. The summed E-state index contributed by atoms with van der Waals surface area (Å²) in [6.07, 6.45) is -1.02. The number of nitrogens with zero attached hydrogens (tertiary/aromatic N) is 4. The molecule has 1 aromatic carbocycles. The minimum atomic E-state index is -4.87. The van der Waals surface area contributed by atoms with Crippen molar-refractivity contribution in [2.75, 3.05) is 5.73 Å². The molecular formula is C26H26ClF3N6O3. The van der Waals surface area contributed by atoms with Crippen molar-refractivity contribution >= 4 is 29.1 Å². The number of nitrogens with two attached hydrogens (primary N) is 2. The van der Waals surface area contributed by atoms with E-state index < -0.39 is 30.2 Å². The Morgan fingerprint density at radius 2 is 1.97 bits per heavy atom. The Kier molecular flexibility index (Phi) is 9.15. The number of anilines is 1. The van der Waals surface area contributed by atoms with Crippen LogP contribution in [0.5, 0.6) is 5.88 Å². The van der Waals surface area contributed by atoms with E-state index in [0.29, 0.717) is 11.3 Å². The predicted octanol–water partition coefficient (Wildman–Crippen LogP) is 5.21. The third kappa shape index (κ3) is 7.68. The lowest BCUT2D eigenvalue weighted by Gasteiger charge is -2.24. The molecule has 0 aliphatic carbocycles. The van der Waals surface area contributed by atoms with Crippen molar-refractivity contribution in [2.24, 2.45) is 5.73 Å². The largest absolute Gasteiger partial charge is 0.480 e. The summed E-state index contributed by atoms with van der Waals surface area (Å²) in [7, 11) is 0. The van der Waals surface area contributed by atoms with E-state index in [-0.39, 0.29) is 39.9 Å². The van der Waals surface area contributed by atoms with Crippen LogP contribution in [0.15, 0.2) is 66.9 Å². The lowest BCUT2D eigenvalue weighted by Crippen LogP contribution is -2.30. The molecule has 2 atom stereocenters. The molecule has 13 heteroatoms. The Morgan fingerprint density at radius 1 is 1.26 bits per heavy atom. The summed E-state index contributed by atoms with van der Waals surface area (Å²) in [6.45, 7) is 7.28. The van der Waals surface area contributed by atoms with Crippen LogP contribution in [0.3, 0.4) is 0 Å². The monoisotopic (exact) mass is 562 g/mol. The first-order valence-electron chi connectivity index (χ1n) is 11.5. The summed E-state index contributed by atoms with van der Waals surface area (Å²) in [6, 6.07) is 5.72. The van der Waals surface area contributed by atoms with Gasteiger partial charge < -0.3 is 21.3 Å². The molecular weight excluding hydrogens is 537 g/mol. The van der Waals surface area contributed by atoms with Crippen molar-refractivity contribution in [1.82, 2.24) is 19.7 Å². The standard InChI is InChI=1S/C26H26ClF3N6O3/c1-4-16(11-19(31)24(37)38)6-5-14(2)20-13-22(34-25(32)33-20)39-23(26(28,29)30)18-12-17(27)7-8-21(18)36-10-9-15(3)35-36/h4-10,12-13,19,23H,2,11,31H2,1,3H3,(H,37,38)(H2,32,33,34)/b6-5-,16-4+/t19-,23+/m0/s1. The number of ether oxygens (including phenoxy) is 1. The maximum Gasteiger partial charge on any atom is 0.429 e. The van der Waals surface area contributed by atoms with Gasteiger partial charge in [0.2, 0.25) is 17.9 Å². The number of halogens is 4. The number of benzene rings is 1. The summed E-state index contributed by atoms with van der Waals surface area (Å²) in [4.78, 5) is 18.9. The van der Waals surface area contributed by atoms with Crippen molar-refractivity contribution in [3.8, 4) is 11.6 Å². The van der Waals surface area contributed by atoms with Gasteiger partial charge >= 0.3 is 12.1 Å². The van der Waals surface area contributed by atoms with E-state index in [1.165, 1.54) is 35.2 Å². The number of alkyl halides is 3. The van der Waals surface area contributed by atoms with E-state index in [1.54, 1.807) is 32.1 Å². The van der Waals surface area contributed by atoms with Gasteiger partial charge in [0, 0.05) is 22.8 Å². The number of nitrogen functional groups attached to an aromatic ring is 1. The van der Waals surface area contributed by atoms with Crippen LogP contribution in [0, 0.1) is 6.92 Å². The number of carboxylic acid groups (broad SMARTS) is 1. The van der Waals surface area contributed by atoms with E-state index in [2.05, 4.69) is 21.6 Å². The van der Waals surface area contributed by atoms with E-state index in [4.69, 9.17) is 32.9 Å². The molecule has 206 valence electrons. The first-order valence-corrected chi connectivity index (χ1v) is 11.9. The van der Waals surface area contributed by atoms with Crippen LogP contribution in [0.25, 0.3) is 11.3 Å². The number of aromatic nitrogens is 4. The zero-order chi connectivity index (χ0) is 28.9. The fraction of sp³-hybridized carbons (Fsp3) is 0.231. The van der Waals surface area contributed by atoms with Gasteiger partial charge in [0.1, 0.15) is 6.04 Å². The van der Waals surface area contributed by atoms with Crippen LogP contribution in [0.4, 0.5) is 19.1 Å². The van der Waals surface area contributed by atoms with Crippen molar-refractivity contribution in [3.63, 3.8) is 0 Å². The number of carbonyl (C=O) groups is 1. The third-order valence-electron chi connectivity index (χ3n) is 5.47. The molecule has 5 N–H and O–H groups in total. The minimum Gasteiger partial charge on any atom is -0.480 e. The summed E-state index contributed by atoms with van der Waals surface area (Å²) in [5.41, 5.74) is 12.7. The van der Waals surface area contributed by atoms with Crippen LogP contribution in [0.1, 0.15) is 36.4 Å². The molecule has 3 aromatic rings. The lowest BCUT2D eigenvalue weighted by atomic mass is 10.0. The third-order valence-corrected chi connectivity index (χ3v) is 5.70. The second-order valence-electron chi connectivity index (χ2n) is 8.46. The summed E-state index contributed by atoms with van der Waals surface area (Å²) >= 11 is 6.06. The maximum absolute atomic E-state index is 14.3. The highest BCUT2D eigenvalue weighted by Crippen LogP contribution is 2.40. The van der Waals surface area contributed by atoms with Crippen molar-refractivity contribution < 1.29 is 27.8 Å². The molecule has 3 rings (SSSR count). The average Bonchev–Trinajstić information content (AvgIpc) is 3.29. The Bertz CT molecular complexity index is 1430. The number of allylic oxidation sites excluding steroid dienone is 4. The second kappa shape index (κ2) is 12.1. The van der Waals surface area contributed by atoms with Crippen LogP contribution >= 0.6 is 11.6 Å². The first-order chi connectivity index (χ1) is 18.3. The minimum absolute atomic E-state index is 0.0564. The number of hydrogen-bond donors (Lipinski definition) is 3. The van der Waals surface area contributed by atoms with Gasteiger partial charge in [-0.25, -0.2) is 9.67 Å². The SMILES string of the molecule is C=C(/C=C\C(=C/C)C[C@H](N)C(=O)O)c1cc(O[C@H](c2cc(Cl)ccc2-n2ccc(C)n2)C(F)(F)F)nc(N)n1. The highest BCUT2D eigenvalue weighted by Gasteiger charge is 2.45. The molecule has 39 heavy (non-hydrogen) atoms. The van der Waals surface area contributed by atoms with Gasteiger partial charge in [-0.15, -0.1) is 0 Å². The average molecular weight is 563 g/mol. The van der Waals surface area contributed by atoms with Gasteiger partial charge in [0.15, 0.2) is 0 Å². The zero-order valence-electron chi connectivity index (χ0n) is 21.0. The van der Waals surface area contributed by atoms with Crippen LogP contribution in [0.2, 0.25) is 5.02 Å². The van der Waals surface area contributed by atoms with Gasteiger partial charge in [0.05, 0.1) is 17.1 Å². The molecule has 0 saturated carbocycles. The molecule has 2 aromatic heterocycles.